The van der Waals surface area contributed by atoms with Crippen LogP contribution in [-0.4, -0.2) is 10.0 Å². The summed E-state index contributed by atoms with van der Waals surface area (Å²) in [7, 11) is 0. The van der Waals surface area contributed by atoms with Crippen LogP contribution in [0.4, 0.5) is 5.69 Å². The van der Waals surface area contributed by atoms with Crippen molar-refractivity contribution in [3.63, 3.8) is 0 Å². The van der Waals surface area contributed by atoms with Crippen molar-refractivity contribution in [2.24, 2.45) is 0 Å². The van der Waals surface area contributed by atoms with E-state index in [2.05, 4.69) is 0 Å². The third-order valence-electron chi connectivity index (χ3n) is 2.71. The van der Waals surface area contributed by atoms with E-state index in [-0.39, 0.29) is 5.69 Å². The summed E-state index contributed by atoms with van der Waals surface area (Å²) in [4.78, 5) is 10.1. The first-order chi connectivity index (χ1) is 9.47. The second kappa shape index (κ2) is 5.90. The molecule has 6 heteroatoms. The first-order valence-corrected chi connectivity index (χ1v) is 6.25. The fourth-order valence-electron chi connectivity index (χ4n) is 1.68. The molecule has 0 bridgehead atoms. The van der Waals surface area contributed by atoms with Crippen molar-refractivity contribution in [2.45, 2.75) is 13.0 Å². The molecule has 5 nitrogen and oxygen atoms in total. The maximum atomic E-state index is 10.5. The van der Waals surface area contributed by atoms with Crippen LogP contribution in [0.2, 0.25) is 5.02 Å². The SMILES string of the molecule is CC(O)c1ccc(Oc2ccc([N+](=O)[O-])cc2)cc1Cl. The van der Waals surface area contributed by atoms with Crippen LogP contribution in [-0.2, 0) is 0 Å². The van der Waals surface area contributed by atoms with Gasteiger partial charge in [0.05, 0.1) is 16.0 Å². The molecule has 0 heterocycles. The Bertz CT molecular complexity index is 626. The van der Waals surface area contributed by atoms with Gasteiger partial charge in [0.1, 0.15) is 11.5 Å². The van der Waals surface area contributed by atoms with Crippen LogP contribution in [0.15, 0.2) is 42.5 Å². The highest BCUT2D eigenvalue weighted by atomic mass is 35.5. The van der Waals surface area contributed by atoms with E-state index < -0.39 is 11.0 Å². The van der Waals surface area contributed by atoms with E-state index in [9.17, 15) is 15.2 Å². The number of hydrogen-bond donors (Lipinski definition) is 1. The normalized spacial score (nSPS) is 11.9. The number of aliphatic hydroxyl groups excluding tert-OH is 1. The Morgan fingerprint density at radius 1 is 1.20 bits per heavy atom. The summed E-state index contributed by atoms with van der Waals surface area (Å²) >= 11 is 6.03. The van der Waals surface area contributed by atoms with Crippen molar-refractivity contribution in [1.82, 2.24) is 0 Å². The molecule has 1 atom stereocenters. The minimum absolute atomic E-state index is 0.000152. The Morgan fingerprint density at radius 2 is 1.80 bits per heavy atom. The Balaban J connectivity index is 2.17. The molecule has 0 saturated carbocycles. The van der Waals surface area contributed by atoms with E-state index in [0.29, 0.717) is 22.1 Å². The smallest absolute Gasteiger partial charge is 0.269 e. The lowest BCUT2D eigenvalue weighted by molar-refractivity contribution is -0.384. The zero-order valence-corrected chi connectivity index (χ0v) is 11.4. The van der Waals surface area contributed by atoms with Crippen molar-refractivity contribution in [2.75, 3.05) is 0 Å². The monoisotopic (exact) mass is 293 g/mol. The Labute approximate surface area is 120 Å². The van der Waals surface area contributed by atoms with Crippen LogP contribution in [0.5, 0.6) is 11.5 Å². The van der Waals surface area contributed by atoms with Crippen LogP contribution >= 0.6 is 11.6 Å². The summed E-state index contributed by atoms with van der Waals surface area (Å²) in [6, 6.07) is 10.7. The van der Waals surface area contributed by atoms with Crippen LogP contribution in [0, 0.1) is 10.1 Å². The molecule has 2 rings (SSSR count). The second-order valence-electron chi connectivity index (χ2n) is 4.21. The van der Waals surface area contributed by atoms with E-state index in [0.717, 1.165) is 0 Å². The quantitative estimate of drug-likeness (QED) is 0.680. The first kappa shape index (κ1) is 14.3. The largest absolute Gasteiger partial charge is 0.457 e. The Hall–Kier alpha value is -2.11. The van der Waals surface area contributed by atoms with Gasteiger partial charge >= 0.3 is 0 Å². The van der Waals surface area contributed by atoms with Gasteiger partial charge in [-0.2, -0.15) is 0 Å². The highest BCUT2D eigenvalue weighted by molar-refractivity contribution is 6.31. The molecule has 0 aromatic heterocycles. The second-order valence-corrected chi connectivity index (χ2v) is 4.62. The third kappa shape index (κ3) is 3.26. The molecule has 1 N–H and O–H groups in total. The molecule has 1 unspecified atom stereocenters. The van der Waals surface area contributed by atoms with Crippen molar-refractivity contribution in [3.05, 3.63) is 63.2 Å². The molecular formula is C14H12ClNO4. The van der Waals surface area contributed by atoms with Gasteiger partial charge in [0.15, 0.2) is 0 Å². The van der Waals surface area contributed by atoms with Gasteiger partial charge in [-0.05, 0) is 36.8 Å². The van der Waals surface area contributed by atoms with Gasteiger partial charge in [-0.25, -0.2) is 0 Å². The van der Waals surface area contributed by atoms with Gasteiger partial charge in [0.25, 0.3) is 5.69 Å². The van der Waals surface area contributed by atoms with Crippen molar-refractivity contribution in [1.29, 1.82) is 0 Å². The molecular weight excluding hydrogens is 282 g/mol. The van der Waals surface area contributed by atoms with Crippen molar-refractivity contribution >= 4 is 17.3 Å². The van der Waals surface area contributed by atoms with Crippen molar-refractivity contribution < 1.29 is 14.8 Å². The minimum atomic E-state index is -0.657. The summed E-state index contributed by atoms with van der Waals surface area (Å²) in [5.41, 5.74) is 0.613. The fraction of sp³-hybridized carbons (Fsp3) is 0.143. The molecule has 20 heavy (non-hydrogen) atoms. The number of hydrogen-bond acceptors (Lipinski definition) is 4. The maximum Gasteiger partial charge on any atom is 0.269 e. The lowest BCUT2D eigenvalue weighted by Crippen LogP contribution is -1.93. The predicted octanol–water partition coefficient (Wildman–Crippen LogP) is 4.09. The van der Waals surface area contributed by atoms with Gasteiger partial charge < -0.3 is 9.84 Å². The molecule has 2 aromatic rings. The van der Waals surface area contributed by atoms with Gasteiger partial charge in [-0.1, -0.05) is 17.7 Å². The number of aliphatic hydroxyl groups is 1. The number of nitro groups is 1. The lowest BCUT2D eigenvalue weighted by Gasteiger charge is -2.10. The van der Waals surface area contributed by atoms with E-state index in [1.54, 1.807) is 25.1 Å². The standard InChI is InChI=1S/C14H12ClNO4/c1-9(17)13-7-6-12(8-14(13)15)20-11-4-2-10(3-5-11)16(18)19/h2-9,17H,1H3. The predicted molar refractivity (Wildman–Crippen MR) is 75.3 cm³/mol. The van der Waals surface area contributed by atoms with Gasteiger partial charge in [0, 0.05) is 12.1 Å². The molecule has 0 spiro atoms. The minimum Gasteiger partial charge on any atom is -0.457 e. The average Bonchev–Trinajstić information content (AvgIpc) is 2.39. The summed E-state index contributed by atoms with van der Waals surface area (Å²) in [6.45, 7) is 1.62. The third-order valence-corrected chi connectivity index (χ3v) is 3.03. The Kier molecular flexibility index (Phi) is 4.22. The summed E-state index contributed by atoms with van der Waals surface area (Å²) in [6.07, 6.45) is -0.657. The molecule has 0 radical (unpaired) electrons. The molecule has 104 valence electrons. The number of halogens is 1. The summed E-state index contributed by atoms with van der Waals surface area (Å²) in [5.74, 6) is 0.963. The molecule has 0 fully saturated rings. The molecule has 0 amide bonds. The lowest BCUT2D eigenvalue weighted by atomic mass is 10.1. The maximum absolute atomic E-state index is 10.5. The fourth-order valence-corrected chi connectivity index (χ4v) is 2.01. The zero-order chi connectivity index (χ0) is 14.7. The molecule has 0 aliphatic rings. The summed E-state index contributed by atoms with van der Waals surface area (Å²) < 4.78 is 5.54. The van der Waals surface area contributed by atoms with Gasteiger partial charge in [-0.3, -0.25) is 10.1 Å². The zero-order valence-electron chi connectivity index (χ0n) is 10.6. The van der Waals surface area contributed by atoms with Crippen LogP contribution in [0.3, 0.4) is 0 Å². The number of ether oxygens (including phenoxy) is 1. The first-order valence-electron chi connectivity index (χ1n) is 5.87. The Morgan fingerprint density at radius 3 is 2.30 bits per heavy atom. The van der Waals surface area contributed by atoms with E-state index in [4.69, 9.17) is 16.3 Å². The number of benzene rings is 2. The van der Waals surface area contributed by atoms with Crippen LogP contribution in [0.1, 0.15) is 18.6 Å². The van der Waals surface area contributed by atoms with E-state index >= 15 is 0 Å². The molecule has 2 aromatic carbocycles. The van der Waals surface area contributed by atoms with Gasteiger partial charge in [0.2, 0.25) is 0 Å². The number of nitrogens with zero attached hydrogens (tertiary/aromatic N) is 1. The molecule has 0 saturated heterocycles. The topological polar surface area (TPSA) is 72.6 Å². The highest BCUT2D eigenvalue weighted by Gasteiger charge is 2.09. The molecule has 0 aliphatic heterocycles. The molecule has 0 aliphatic carbocycles. The van der Waals surface area contributed by atoms with Crippen molar-refractivity contribution in [3.8, 4) is 11.5 Å². The van der Waals surface area contributed by atoms with E-state index in [1.165, 1.54) is 24.3 Å². The van der Waals surface area contributed by atoms with Gasteiger partial charge in [-0.15, -0.1) is 0 Å². The number of rotatable bonds is 4. The number of non-ortho nitro benzene ring substituents is 1. The van der Waals surface area contributed by atoms with Crippen LogP contribution in [0.25, 0.3) is 0 Å². The van der Waals surface area contributed by atoms with Crippen LogP contribution < -0.4 is 4.74 Å². The summed E-state index contributed by atoms with van der Waals surface area (Å²) in [5, 5.41) is 20.4. The van der Waals surface area contributed by atoms with E-state index in [1.807, 2.05) is 0 Å². The average molecular weight is 294 g/mol. The number of nitro benzene ring substituents is 1. The highest BCUT2D eigenvalue weighted by Crippen LogP contribution is 2.30.